The van der Waals surface area contributed by atoms with Gasteiger partial charge in [0.1, 0.15) is 5.82 Å². The van der Waals surface area contributed by atoms with E-state index >= 15 is 0 Å². The molecule has 0 atom stereocenters. The summed E-state index contributed by atoms with van der Waals surface area (Å²) in [6.07, 6.45) is 3.91. The highest BCUT2D eigenvalue weighted by atomic mass is 16.2. The van der Waals surface area contributed by atoms with Crippen LogP contribution in [-0.2, 0) is 4.79 Å². The predicted molar refractivity (Wildman–Crippen MR) is 109 cm³/mol. The number of hydrogen-bond donors (Lipinski definition) is 1. The van der Waals surface area contributed by atoms with Gasteiger partial charge in [-0.05, 0) is 55.3 Å². The van der Waals surface area contributed by atoms with Gasteiger partial charge in [0.05, 0.1) is 6.54 Å². The molecule has 144 valence electrons. The summed E-state index contributed by atoms with van der Waals surface area (Å²) in [4.78, 5) is 32.4. The SMILES string of the molecule is CCCCN(C)c1ccc(C(=O)N(C)CC(=O)Nc2cc(C)ccn2)cc1. The molecule has 0 aliphatic heterocycles. The Hall–Kier alpha value is -2.89. The van der Waals surface area contributed by atoms with Gasteiger partial charge in [-0.1, -0.05) is 13.3 Å². The first-order valence-corrected chi connectivity index (χ1v) is 9.20. The van der Waals surface area contributed by atoms with Crippen molar-refractivity contribution in [3.8, 4) is 0 Å². The van der Waals surface area contributed by atoms with E-state index in [1.165, 1.54) is 4.90 Å². The van der Waals surface area contributed by atoms with Crippen LogP contribution >= 0.6 is 0 Å². The van der Waals surface area contributed by atoms with E-state index in [1.54, 1.807) is 31.4 Å². The molecule has 0 unspecified atom stereocenters. The maximum absolute atomic E-state index is 12.6. The molecule has 1 N–H and O–H groups in total. The maximum Gasteiger partial charge on any atom is 0.254 e. The van der Waals surface area contributed by atoms with Crippen LogP contribution < -0.4 is 10.2 Å². The van der Waals surface area contributed by atoms with Gasteiger partial charge in [-0.3, -0.25) is 9.59 Å². The number of hydrogen-bond acceptors (Lipinski definition) is 4. The number of nitrogens with one attached hydrogen (secondary N) is 1. The number of rotatable bonds is 8. The molecule has 1 aromatic carbocycles. The van der Waals surface area contributed by atoms with Crippen LogP contribution in [0.4, 0.5) is 11.5 Å². The molecule has 0 spiro atoms. The Labute approximate surface area is 161 Å². The number of aryl methyl sites for hydroxylation is 1. The monoisotopic (exact) mass is 368 g/mol. The van der Waals surface area contributed by atoms with E-state index in [2.05, 4.69) is 22.1 Å². The van der Waals surface area contributed by atoms with Crippen LogP contribution in [0.25, 0.3) is 0 Å². The summed E-state index contributed by atoms with van der Waals surface area (Å²) in [6, 6.07) is 11.1. The zero-order valence-corrected chi connectivity index (χ0v) is 16.5. The minimum atomic E-state index is -0.278. The topological polar surface area (TPSA) is 65.5 Å². The molecule has 27 heavy (non-hydrogen) atoms. The highest BCUT2D eigenvalue weighted by Gasteiger charge is 2.15. The summed E-state index contributed by atoms with van der Waals surface area (Å²) in [5.41, 5.74) is 2.64. The molecular weight excluding hydrogens is 340 g/mol. The van der Waals surface area contributed by atoms with Crippen LogP contribution in [0.2, 0.25) is 0 Å². The van der Waals surface area contributed by atoms with Crippen molar-refractivity contribution in [1.82, 2.24) is 9.88 Å². The molecule has 0 radical (unpaired) electrons. The molecule has 0 aliphatic rings. The number of carbonyl (C=O) groups is 2. The largest absolute Gasteiger partial charge is 0.375 e. The van der Waals surface area contributed by atoms with E-state index in [0.29, 0.717) is 11.4 Å². The quantitative estimate of drug-likeness (QED) is 0.776. The highest BCUT2D eigenvalue weighted by Crippen LogP contribution is 2.15. The van der Waals surface area contributed by atoms with Crippen LogP contribution in [0, 0.1) is 6.92 Å². The van der Waals surface area contributed by atoms with Crippen molar-refractivity contribution in [2.24, 2.45) is 0 Å². The van der Waals surface area contributed by atoms with Gasteiger partial charge in [-0.25, -0.2) is 4.98 Å². The lowest BCUT2D eigenvalue weighted by molar-refractivity contribution is -0.116. The van der Waals surface area contributed by atoms with Gasteiger partial charge in [0.2, 0.25) is 5.91 Å². The number of amides is 2. The molecule has 0 saturated carbocycles. The second-order valence-electron chi connectivity index (χ2n) is 6.75. The molecule has 0 aliphatic carbocycles. The van der Waals surface area contributed by atoms with Gasteiger partial charge in [-0.15, -0.1) is 0 Å². The Bertz CT molecular complexity index is 774. The van der Waals surface area contributed by atoms with Gasteiger partial charge in [-0.2, -0.15) is 0 Å². The second-order valence-corrected chi connectivity index (χ2v) is 6.75. The number of nitrogens with zero attached hydrogens (tertiary/aromatic N) is 3. The highest BCUT2D eigenvalue weighted by molar-refractivity contribution is 5.99. The molecular formula is C21H28N4O2. The first-order chi connectivity index (χ1) is 12.9. The van der Waals surface area contributed by atoms with Gasteiger partial charge in [0.15, 0.2) is 0 Å². The van der Waals surface area contributed by atoms with Crippen molar-refractivity contribution >= 4 is 23.3 Å². The summed E-state index contributed by atoms with van der Waals surface area (Å²) in [7, 11) is 3.66. The number of benzene rings is 1. The second kappa shape index (κ2) is 9.71. The Balaban J connectivity index is 1.93. The zero-order valence-electron chi connectivity index (χ0n) is 16.5. The van der Waals surface area contributed by atoms with Crippen molar-refractivity contribution < 1.29 is 9.59 Å². The van der Waals surface area contributed by atoms with Crippen molar-refractivity contribution in [2.75, 3.05) is 37.4 Å². The Morgan fingerprint density at radius 1 is 1.11 bits per heavy atom. The summed E-state index contributed by atoms with van der Waals surface area (Å²) in [6.45, 7) is 5.04. The molecule has 1 aromatic heterocycles. The summed E-state index contributed by atoms with van der Waals surface area (Å²) in [5.74, 6) is 0.0188. The molecule has 2 aromatic rings. The third-order valence-electron chi connectivity index (χ3n) is 4.31. The van der Waals surface area contributed by atoms with Crippen LogP contribution in [0.5, 0.6) is 0 Å². The summed E-state index contributed by atoms with van der Waals surface area (Å²) >= 11 is 0. The Kier molecular flexibility index (Phi) is 7.34. The van der Waals surface area contributed by atoms with Crippen molar-refractivity contribution in [3.05, 3.63) is 53.7 Å². The predicted octanol–water partition coefficient (Wildman–Crippen LogP) is 3.34. The Morgan fingerprint density at radius 2 is 1.81 bits per heavy atom. The van der Waals surface area contributed by atoms with Gasteiger partial charge in [0, 0.05) is 38.1 Å². The first-order valence-electron chi connectivity index (χ1n) is 9.20. The number of aromatic nitrogens is 1. The Morgan fingerprint density at radius 3 is 2.44 bits per heavy atom. The lowest BCUT2D eigenvalue weighted by Gasteiger charge is -2.20. The average Bonchev–Trinajstić information content (AvgIpc) is 2.65. The van der Waals surface area contributed by atoms with E-state index in [1.807, 2.05) is 32.2 Å². The summed E-state index contributed by atoms with van der Waals surface area (Å²) < 4.78 is 0. The minimum absolute atomic E-state index is 0.0351. The van der Waals surface area contributed by atoms with E-state index < -0.39 is 0 Å². The van der Waals surface area contributed by atoms with Gasteiger partial charge in [0.25, 0.3) is 5.91 Å². The fraction of sp³-hybridized carbons (Fsp3) is 0.381. The van der Waals surface area contributed by atoms with E-state index in [9.17, 15) is 9.59 Å². The number of unbranched alkanes of at least 4 members (excludes halogenated alkanes) is 1. The number of pyridine rings is 1. The summed E-state index contributed by atoms with van der Waals surface area (Å²) in [5, 5.41) is 2.71. The van der Waals surface area contributed by atoms with Crippen molar-refractivity contribution in [2.45, 2.75) is 26.7 Å². The lowest BCUT2D eigenvalue weighted by atomic mass is 10.1. The van der Waals surface area contributed by atoms with E-state index in [0.717, 1.165) is 30.6 Å². The standard InChI is InChI=1S/C21H28N4O2/c1-5-6-13-24(3)18-9-7-17(8-10-18)21(27)25(4)15-20(26)23-19-14-16(2)11-12-22-19/h7-12,14H,5-6,13,15H2,1-4H3,(H,22,23,26). The molecule has 2 rings (SSSR count). The fourth-order valence-corrected chi connectivity index (χ4v) is 2.68. The number of carbonyl (C=O) groups excluding carboxylic acids is 2. The number of likely N-dealkylation sites (N-methyl/N-ethyl adjacent to an activating group) is 1. The normalized spacial score (nSPS) is 10.4. The van der Waals surface area contributed by atoms with E-state index in [4.69, 9.17) is 0 Å². The lowest BCUT2D eigenvalue weighted by Crippen LogP contribution is -2.35. The smallest absolute Gasteiger partial charge is 0.254 e. The number of anilines is 2. The van der Waals surface area contributed by atoms with Gasteiger partial charge >= 0.3 is 0 Å². The van der Waals surface area contributed by atoms with Crippen LogP contribution in [-0.4, -0.2) is 48.9 Å². The van der Waals surface area contributed by atoms with Crippen molar-refractivity contribution in [3.63, 3.8) is 0 Å². The first kappa shape index (κ1) is 20.4. The zero-order chi connectivity index (χ0) is 19.8. The third kappa shape index (κ3) is 6.09. The fourth-order valence-electron chi connectivity index (χ4n) is 2.68. The van der Waals surface area contributed by atoms with Crippen molar-refractivity contribution in [1.29, 1.82) is 0 Å². The van der Waals surface area contributed by atoms with Crippen LogP contribution in [0.1, 0.15) is 35.7 Å². The van der Waals surface area contributed by atoms with Gasteiger partial charge < -0.3 is 15.1 Å². The van der Waals surface area contributed by atoms with Crippen LogP contribution in [0.15, 0.2) is 42.6 Å². The molecule has 0 saturated heterocycles. The molecule has 6 nitrogen and oxygen atoms in total. The molecule has 6 heteroatoms. The maximum atomic E-state index is 12.6. The van der Waals surface area contributed by atoms with Crippen LogP contribution in [0.3, 0.4) is 0 Å². The average molecular weight is 368 g/mol. The third-order valence-corrected chi connectivity index (χ3v) is 4.31. The van der Waals surface area contributed by atoms with E-state index in [-0.39, 0.29) is 18.4 Å². The molecule has 0 fully saturated rings. The molecule has 1 heterocycles. The minimum Gasteiger partial charge on any atom is -0.375 e. The molecule has 0 bridgehead atoms. The molecule has 2 amide bonds.